The average molecular weight is 499 g/mol. The van der Waals surface area contributed by atoms with Crippen molar-refractivity contribution in [3.63, 3.8) is 0 Å². The van der Waals surface area contributed by atoms with Gasteiger partial charge in [0.25, 0.3) is 0 Å². The third kappa shape index (κ3) is 7.68. The second-order valence-electron chi connectivity index (χ2n) is 9.22. The monoisotopic (exact) mass is 498 g/mol. The summed E-state index contributed by atoms with van der Waals surface area (Å²) >= 11 is 0. The van der Waals surface area contributed by atoms with Crippen molar-refractivity contribution >= 4 is 15.8 Å². The number of sulfonamides is 1. The van der Waals surface area contributed by atoms with Gasteiger partial charge >= 0.3 is 6.18 Å². The number of benzene rings is 1. The quantitative estimate of drug-likeness (QED) is 0.540. The Kier molecular flexibility index (Phi) is 8.59. The lowest BCUT2D eigenvalue weighted by atomic mass is 9.98. The first-order valence-electron chi connectivity index (χ1n) is 11.5. The zero-order chi connectivity index (χ0) is 24.9. The minimum absolute atomic E-state index is 0.125. The zero-order valence-corrected chi connectivity index (χ0v) is 20.6. The van der Waals surface area contributed by atoms with Gasteiger partial charge in [-0.1, -0.05) is 44.2 Å². The third-order valence-electron chi connectivity index (χ3n) is 6.15. The van der Waals surface area contributed by atoms with Crippen molar-refractivity contribution in [1.29, 1.82) is 0 Å². The molecule has 1 aromatic carbocycles. The van der Waals surface area contributed by atoms with E-state index in [0.29, 0.717) is 37.9 Å². The van der Waals surface area contributed by atoms with Gasteiger partial charge < -0.3 is 10.2 Å². The maximum atomic E-state index is 13.3. The molecule has 2 heterocycles. The second kappa shape index (κ2) is 11.0. The predicted octanol–water partition coefficient (Wildman–Crippen LogP) is 4.28. The van der Waals surface area contributed by atoms with Gasteiger partial charge in [-0.2, -0.15) is 13.2 Å². The van der Waals surface area contributed by atoms with Gasteiger partial charge in [0, 0.05) is 38.3 Å². The first-order valence-corrected chi connectivity index (χ1v) is 13.4. The van der Waals surface area contributed by atoms with Crippen molar-refractivity contribution in [1.82, 2.24) is 15.0 Å². The molecule has 1 atom stereocenters. The number of anilines is 1. The van der Waals surface area contributed by atoms with Crippen molar-refractivity contribution in [2.24, 2.45) is 5.92 Å². The van der Waals surface area contributed by atoms with Crippen molar-refractivity contribution in [3.8, 4) is 0 Å². The molecule has 0 spiro atoms. The van der Waals surface area contributed by atoms with Gasteiger partial charge in [-0.05, 0) is 41.9 Å². The van der Waals surface area contributed by atoms with E-state index in [1.54, 1.807) is 0 Å². The highest BCUT2D eigenvalue weighted by molar-refractivity contribution is 7.88. The summed E-state index contributed by atoms with van der Waals surface area (Å²) in [5.41, 5.74) is 1.80. The zero-order valence-electron chi connectivity index (χ0n) is 19.8. The SMILES string of the molecule is CC1CCN(c2nc(C(F)(F)F)ccc2CNCC(C)c2cccc(CNS(C)(=O)=O)c2)CC1. The molecule has 34 heavy (non-hydrogen) atoms. The molecule has 2 aromatic rings. The first-order chi connectivity index (χ1) is 15.9. The van der Waals surface area contributed by atoms with Crippen molar-refractivity contribution < 1.29 is 21.6 Å². The molecular formula is C24H33F3N4O2S. The summed E-state index contributed by atoms with van der Waals surface area (Å²) < 4.78 is 65.0. The molecule has 0 saturated carbocycles. The van der Waals surface area contributed by atoms with Crippen molar-refractivity contribution in [3.05, 3.63) is 58.8 Å². The normalized spacial score (nSPS) is 16.6. The number of piperidine rings is 1. The Hall–Kier alpha value is -2.17. The van der Waals surface area contributed by atoms with Gasteiger partial charge in [-0.3, -0.25) is 0 Å². The maximum absolute atomic E-state index is 13.3. The number of pyridine rings is 1. The number of rotatable bonds is 9. The van der Waals surface area contributed by atoms with Crippen molar-refractivity contribution in [2.75, 3.05) is 30.8 Å². The highest BCUT2D eigenvalue weighted by Gasteiger charge is 2.34. The van der Waals surface area contributed by atoms with Crippen molar-refractivity contribution in [2.45, 2.75) is 51.9 Å². The molecule has 2 N–H and O–H groups in total. The number of hydrogen-bond acceptors (Lipinski definition) is 5. The average Bonchev–Trinajstić information content (AvgIpc) is 2.77. The van der Waals surface area contributed by atoms with Gasteiger partial charge in [-0.15, -0.1) is 0 Å². The fraction of sp³-hybridized carbons (Fsp3) is 0.542. The molecular weight excluding hydrogens is 465 g/mol. The number of halogens is 3. The molecule has 10 heteroatoms. The van der Waals surface area contributed by atoms with Crippen LogP contribution in [0, 0.1) is 5.92 Å². The molecule has 188 valence electrons. The molecule has 1 aromatic heterocycles. The summed E-state index contributed by atoms with van der Waals surface area (Å²) in [7, 11) is -3.27. The summed E-state index contributed by atoms with van der Waals surface area (Å²) in [6.45, 7) is 6.86. The lowest BCUT2D eigenvalue weighted by Gasteiger charge is -2.33. The molecule has 1 aliphatic rings. The molecule has 0 aliphatic carbocycles. The van der Waals surface area contributed by atoms with Crippen LogP contribution in [0.25, 0.3) is 0 Å². The predicted molar refractivity (Wildman–Crippen MR) is 128 cm³/mol. The summed E-state index contributed by atoms with van der Waals surface area (Å²) in [6, 6.07) is 10.3. The summed E-state index contributed by atoms with van der Waals surface area (Å²) in [5.74, 6) is 1.10. The Bertz CT molecular complexity index is 1070. The van der Waals surface area contributed by atoms with E-state index in [-0.39, 0.29) is 12.5 Å². The van der Waals surface area contributed by atoms with Crippen LogP contribution >= 0.6 is 0 Å². The standard InChI is InChI=1S/C24H33F3N4O2S/c1-17-9-11-31(12-10-17)23-21(7-8-22(30-23)24(25,26)27)16-28-14-18(2)20-6-4-5-19(13-20)15-29-34(3,32)33/h4-8,13,17-18,28-29H,9-12,14-16H2,1-3H3. The van der Waals surface area contributed by atoms with Gasteiger partial charge in [0.2, 0.25) is 10.0 Å². The van der Waals surface area contributed by atoms with E-state index in [1.807, 2.05) is 36.1 Å². The van der Waals surface area contributed by atoms with E-state index < -0.39 is 21.9 Å². The number of nitrogens with zero attached hydrogens (tertiary/aromatic N) is 2. The van der Waals surface area contributed by atoms with Crippen LogP contribution in [0.2, 0.25) is 0 Å². The highest BCUT2D eigenvalue weighted by Crippen LogP contribution is 2.32. The van der Waals surface area contributed by atoms with Crippen LogP contribution in [0.5, 0.6) is 0 Å². The van der Waals surface area contributed by atoms with Crippen LogP contribution in [0.3, 0.4) is 0 Å². The fourth-order valence-electron chi connectivity index (χ4n) is 4.03. The molecule has 3 rings (SSSR count). The molecule has 1 saturated heterocycles. The van der Waals surface area contributed by atoms with E-state index in [9.17, 15) is 21.6 Å². The number of alkyl halides is 3. The lowest BCUT2D eigenvalue weighted by molar-refractivity contribution is -0.141. The Morgan fingerprint density at radius 1 is 1.15 bits per heavy atom. The molecule has 0 amide bonds. The van der Waals surface area contributed by atoms with Crippen LogP contribution in [-0.4, -0.2) is 39.3 Å². The van der Waals surface area contributed by atoms with E-state index >= 15 is 0 Å². The second-order valence-corrected chi connectivity index (χ2v) is 11.0. The van der Waals surface area contributed by atoms with Gasteiger partial charge in [0.05, 0.1) is 6.26 Å². The van der Waals surface area contributed by atoms with Gasteiger partial charge in [0.15, 0.2) is 0 Å². The Labute approximate surface area is 200 Å². The Balaban J connectivity index is 1.67. The molecule has 0 radical (unpaired) electrons. The van der Waals surface area contributed by atoms with Crippen LogP contribution < -0.4 is 14.9 Å². The smallest absolute Gasteiger partial charge is 0.356 e. The summed E-state index contributed by atoms with van der Waals surface area (Å²) in [5, 5.41) is 3.36. The Morgan fingerprint density at radius 3 is 2.50 bits per heavy atom. The van der Waals surface area contributed by atoms with E-state index in [0.717, 1.165) is 41.9 Å². The largest absolute Gasteiger partial charge is 0.433 e. The highest BCUT2D eigenvalue weighted by atomic mass is 32.2. The maximum Gasteiger partial charge on any atom is 0.433 e. The minimum Gasteiger partial charge on any atom is -0.356 e. The summed E-state index contributed by atoms with van der Waals surface area (Å²) in [4.78, 5) is 5.97. The topological polar surface area (TPSA) is 74.3 Å². The number of aromatic nitrogens is 1. The third-order valence-corrected chi connectivity index (χ3v) is 6.82. The van der Waals surface area contributed by atoms with Gasteiger partial charge in [-0.25, -0.2) is 18.1 Å². The van der Waals surface area contributed by atoms with E-state index in [1.165, 1.54) is 6.07 Å². The summed E-state index contributed by atoms with van der Waals surface area (Å²) in [6.07, 6.45) is -1.48. The molecule has 6 nitrogen and oxygen atoms in total. The fourth-order valence-corrected chi connectivity index (χ4v) is 4.46. The van der Waals surface area contributed by atoms with Crippen LogP contribution in [-0.2, 0) is 29.3 Å². The molecule has 1 fully saturated rings. The number of hydrogen-bond donors (Lipinski definition) is 2. The van der Waals surface area contributed by atoms with Gasteiger partial charge in [0.1, 0.15) is 11.5 Å². The van der Waals surface area contributed by atoms with Crippen LogP contribution in [0.1, 0.15) is 55.0 Å². The Morgan fingerprint density at radius 2 is 1.85 bits per heavy atom. The first kappa shape index (κ1) is 26.4. The minimum atomic E-state index is -4.48. The molecule has 1 aliphatic heterocycles. The number of nitrogens with one attached hydrogen (secondary N) is 2. The van der Waals surface area contributed by atoms with Crippen LogP contribution in [0.15, 0.2) is 36.4 Å². The van der Waals surface area contributed by atoms with Crippen LogP contribution in [0.4, 0.5) is 19.0 Å². The lowest BCUT2D eigenvalue weighted by Crippen LogP contribution is -2.35. The van der Waals surface area contributed by atoms with E-state index in [2.05, 4.69) is 21.9 Å². The molecule has 1 unspecified atom stereocenters. The molecule has 0 bridgehead atoms. The van der Waals surface area contributed by atoms with E-state index in [4.69, 9.17) is 0 Å².